The van der Waals surface area contributed by atoms with Crippen molar-refractivity contribution in [2.24, 2.45) is 5.18 Å². The van der Waals surface area contributed by atoms with Crippen molar-refractivity contribution < 1.29 is 0 Å². The lowest BCUT2D eigenvalue weighted by Gasteiger charge is -1.94. The number of rotatable bonds is 3. The molecular formula is C9H8BrNO. The summed E-state index contributed by atoms with van der Waals surface area (Å²) in [5.41, 5.74) is 1.33. The van der Waals surface area contributed by atoms with E-state index in [1.807, 2.05) is 24.3 Å². The van der Waals surface area contributed by atoms with Crippen LogP contribution in [0.25, 0.3) is 6.08 Å². The Morgan fingerprint density at radius 1 is 1.42 bits per heavy atom. The fraction of sp³-hybridized carbons (Fsp3) is 0.111. The van der Waals surface area contributed by atoms with E-state index < -0.39 is 0 Å². The van der Waals surface area contributed by atoms with Crippen LogP contribution in [0.15, 0.2) is 35.5 Å². The quantitative estimate of drug-likeness (QED) is 0.572. The third kappa shape index (κ3) is 2.27. The maximum absolute atomic E-state index is 10.3. The summed E-state index contributed by atoms with van der Waals surface area (Å²) < 4.78 is 0. The van der Waals surface area contributed by atoms with E-state index in [-0.39, 0.29) is 0 Å². The molecule has 1 aromatic rings. The van der Waals surface area contributed by atoms with Crippen LogP contribution in [-0.2, 0) is 0 Å². The Bertz CT molecular complexity index is 296. The molecule has 0 amide bonds. The molecule has 0 saturated heterocycles. The van der Waals surface area contributed by atoms with Gasteiger partial charge in [-0.2, -0.15) is 0 Å². The van der Waals surface area contributed by atoms with Crippen LogP contribution < -0.4 is 0 Å². The number of allylic oxidation sites excluding steroid dienone is 1. The van der Waals surface area contributed by atoms with E-state index in [4.69, 9.17) is 0 Å². The van der Waals surface area contributed by atoms with Crippen molar-refractivity contribution in [1.82, 2.24) is 0 Å². The summed E-state index contributed by atoms with van der Waals surface area (Å²) in [6.07, 6.45) is 3.79. The molecule has 62 valence electrons. The Labute approximate surface area is 79.4 Å². The number of hydrogen-bond acceptors (Lipinski definition) is 2. The lowest BCUT2D eigenvalue weighted by atomic mass is 10.2. The van der Waals surface area contributed by atoms with Gasteiger partial charge < -0.3 is 0 Å². The second-order valence-corrected chi connectivity index (χ2v) is 2.85. The molecule has 1 rings (SSSR count). The Morgan fingerprint density at radius 3 is 2.83 bits per heavy atom. The number of nitroso groups, excluding NO2 is 1. The van der Waals surface area contributed by atoms with Gasteiger partial charge in [0.05, 0.1) is 0 Å². The first-order valence-electron chi connectivity index (χ1n) is 3.53. The Balaban J connectivity index is 2.96. The topological polar surface area (TPSA) is 29.4 Å². The van der Waals surface area contributed by atoms with E-state index in [2.05, 4.69) is 21.1 Å². The molecule has 0 aromatic heterocycles. The van der Waals surface area contributed by atoms with Crippen molar-refractivity contribution in [2.75, 3.05) is 5.33 Å². The van der Waals surface area contributed by atoms with Crippen LogP contribution in [0.1, 0.15) is 5.56 Å². The SMILES string of the molecule is O=Nc1ccccc1/C=C/CBr. The molecule has 0 radical (unpaired) electrons. The first-order chi connectivity index (χ1) is 5.88. The van der Waals surface area contributed by atoms with Gasteiger partial charge in [0.15, 0.2) is 0 Å². The van der Waals surface area contributed by atoms with E-state index >= 15 is 0 Å². The highest BCUT2D eigenvalue weighted by molar-refractivity contribution is 9.09. The highest BCUT2D eigenvalue weighted by Crippen LogP contribution is 2.19. The Morgan fingerprint density at radius 2 is 2.17 bits per heavy atom. The van der Waals surface area contributed by atoms with Crippen LogP contribution in [0.5, 0.6) is 0 Å². The molecule has 0 N–H and O–H groups in total. The predicted octanol–water partition coefficient (Wildman–Crippen LogP) is 3.49. The number of halogens is 1. The molecule has 0 spiro atoms. The minimum atomic E-state index is 0.481. The lowest BCUT2D eigenvalue weighted by Crippen LogP contribution is -1.72. The molecule has 0 aliphatic carbocycles. The van der Waals surface area contributed by atoms with Gasteiger partial charge in [0, 0.05) is 10.9 Å². The molecule has 0 aliphatic rings. The zero-order valence-corrected chi connectivity index (χ0v) is 7.99. The fourth-order valence-electron chi connectivity index (χ4n) is 0.883. The number of benzene rings is 1. The monoisotopic (exact) mass is 225 g/mol. The molecule has 12 heavy (non-hydrogen) atoms. The van der Waals surface area contributed by atoms with Crippen LogP contribution in [0.2, 0.25) is 0 Å². The number of nitrogens with zero attached hydrogens (tertiary/aromatic N) is 1. The summed E-state index contributed by atoms with van der Waals surface area (Å²) >= 11 is 3.26. The molecule has 1 aromatic carbocycles. The van der Waals surface area contributed by atoms with Gasteiger partial charge in [0.1, 0.15) is 5.69 Å². The van der Waals surface area contributed by atoms with Gasteiger partial charge in [-0.25, -0.2) is 0 Å². The molecule has 2 nitrogen and oxygen atoms in total. The fourth-order valence-corrected chi connectivity index (χ4v) is 1.07. The van der Waals surface area contributed by atoms with Crippen molar-refractivity contribution in [1.29, 1.82) is 0 Å². The van der Waals surface area contributed by atoms with E-state index in [0.29, 0.717) is 5.69 Å². The average Bonchev–Trinajstić information content (AvgIpc) is 2.15. The molecule has 0 saturated carbocycles. The molecule has 0 unspecified atom stereocenters. The van der Waals surface area contributed by atoms with Crippen molar-refractivity contribution >= 4 is 27.7 Å². The first-order valence-corrected chi connectivity index (χ1v) is 4.65. The second-order valence-electron chi connectivity index (χ2n) is 2.21. The van der Waals surface area contributed by atoms with Crippen LogP contribution in [0.3, 0.4) is 0 Å². The predicted molar refractivity (Wildman–Crippen MR) is 54.7 cm³/mol. The van der Waals surface area contributed by atoms with Gasteiger partial charge in [-0.3, -0.25) is 0 Å². The van der Waals surface area contributed by atoms with Gasteiger partial charge >= 0.3 is 0 Å². The van der Waals surface area contributed by atoms with Gasteiger partial charge in [0.2, 0.25) is 0 Å². The molecule has 3 heteroatoms. The third-order valence-electron chi connectivity index (χ3n) is 1.42. The van der Waals surface area contributed by atoms with Crippen LogP contribution in [0.4, 0.5) is 5.69 Å². The first kappa shape index (κ1) is 9.13. The summed E-state index contributed by atoms with van der Waals surface area (Å²) in [5, 5.41) is 3.68. The highest BCUT2D eigenvalue weighted by Gasteiger charge is 1.95. The minimum Gasteiger partial charge on any atom is -0.145 e. The summed E-state index contributed by atoms with van der Waals surface area (Å²) in [5.74, 6) is 0. The normalized spacial score (nSPS) is 10.4. The smallest absolute Gasteiger partial charge is 0.115 e. The van der Waals surface area contributed by atoms with E-state index in [1.165, 1.54) is 0 Å². The van der Waals surface area contributed by atoms with Crippen molar-refractivity contribution in [3.8, 4) is 0 Å². The minimum absolute atomic E-state index is 0.481. The van der Waals surface area contributed by atoms with E-state index in [1.54, 1.807) is 12.1 Å². The second kappa shape index (κ2) is 4.83. The standard InChI is InChI=1S/C9H8BrNO/c10-7-3-5-8-4-1-2-6-9(8)11-12/h1-6H,7H2/b5-3+. The van der Waals surface area contributed by atoms with E-state index in [0.717, 1.165) is 10.9 Å². The molecular weight excluding hydrogens is 218 g/mol. The molecule has 0 fully saturated rings. The number of hydrogen-bond donors (Lipinski definition) is 0. The largest absolute Gasteiger partial charge is 0.145 e. The van der Waals surface area contributed by atoms with Crippen molar-refractivity contribution in [2.45, 2.75) is 0 Å². The summed E-state index contributed by atoms with van der Waals surface area (Å²) in [6.45, 7) is 0. The molecule has 0 atom stereocenters. The molecule has 0 aliphatic heterocycles. The lowest BCUT2D eigenvalue weighted by molar-refractivity contribution is 1.47. The Hall–Kier alpha value is -0.960. The third-order valence-corrected chi connectivity index (χ3v) is 1.80. The number of alkyl halides is 1. The average molecular weight is 226 g/mol. The maximum Gasteiger partial charge on any atom is 0.115 e. The van der Waals surface area contributed by atoms with E-state index in [9.17, 15) is 4.91 Å². The van der Waals surface area contributed by atoms with Gasteiger partial charge in [0.25, 0.3) is 0 Å². The summed E-state index contributed by atoms with van der Waals surface area (Å²) in [4.78, 5) is 10.3. The van der Waals surface area contributed by atoms with Crippen molar-refractivity contribution in [3.63, 3.8) is 0 Å². The van der Waals surface area contributed by atoms with Crippen LogP contribution >= 0.6 is 15.9 Å². The van der Waals surface area contributed by atoms with Gasteiger partial charge in [-0.1, -0.05) is 46.3 Å². The van der Waals surface area contributed by atoms with Gasteiger partial charge in [-0.15, -0.1) is 4.91 Å². The highest BCUT2D eigenvalue weighted by atomic mass is 79.9. The van der Waals surface area contributed by atoms with Crippen LogP contribution in [0, 0.1) is 4.91 Å². The van der Waals surface area contributed by atoms with Gasteiger partial charge in [-0.05, 0) is 11.2 Å². The molecule has 0 heterocycles. The zero-order valence-electron chi connectivity index (χ0n) is 6.40. The van der Waals surface area contributed by atoms with Crippen LogP contribution in [-0.4, -0.2) is 5.33 Å². The summed E-state index contributed by atoms with van der Waals surface area (Å²) in [6, 6.07) is 7.22. The zero-order chi connectivity index (χ0) is 8.81. The maximum atomic E-state index is 10.3. The Kier molecular flexibility index (Phi) is 3.67. The van der Waals surface area contributed by atoms with Crippen molar-refractivity contribution in [3.05, 3.63) is 40.8 Å². The molecule has 0 bridgehead atoms. The summed E-state index contributed by atoms with van der Waals surface area (Å²) in [7, 11) is 0.